The number of hydrogen-bond acceptors (Lipinski definition) is 5. The van der Waals surface area contributed by atoms with E-state index in [1.54, 1.807) is 0 Å². The second-order valence-corrected chi connectivity index (χ2v) is 8.69. The third-order valence-electron chi connectivity index (χ3n) is 5.96. The van der Waals surface area contributed by atoms with Crippen LogP contribution in [0.5, 0.6) is 5.75 Å². The van der Waals surface area contributed by atoms with Crippen molar-refractivity contribution in [3.8, 4) is 5.75 Å². The van der Waals surface area contributed by atoms with Crippen molar-refractivity contribution in [2.45, 2.75) is 43.4 Å². The highest BCUT2D eigenvalue weighted by Crippen LogP contribution is 2.67. The van der Waals surface area contributed by atoms with Gasteiger partial charge in [0.1, 0.15) is 11.6 Å². The van der Waals surface area contributed by atoms with Gasteiger partial charge in [0.15, 0.2) is 6.61 Å². The van der Waals surface area contributed by atoms with E-state index in [9.17, 15) is 22.8 Å². The SMILES string of the molecule is O=C(COc1ccc(Cl)c(F)c1)NC12CC(C(=O)NC3CNC(C(F)F)CN3)(C1)C2. The number of carbonyl (C=O) groups is 2. The van der Waals surface area contributed by atoms with Gasteiger partial charge < -0.3 is 20.7 Å². The van der Waals surface area contributed by atoms with Crippen LogP contribution < -0.4 is 26.0 Å². The quantitative estimate of drug-likeness (QED) is 0.504. The Kier molecular flexibility index (Phi) is 5.58. The van der Waals surface area contributed by atoms with Gasteiger partial charge >= 0.3 is 0 Å². The lowest BCUT2D eigenvalue weighted by atomic mass is 9.39. The molecule has 11 heteroatoms. The Hall–Kier alpha value is -2.04. The molecule has 2 amide bonds. The normalized spacial score (nSPS) is 32.0. The fourth-order valence-corrected chi connectivity index (χ4v) is 4.60. The van der Waals surface area contributed by atoms with E-state index in [1.807, 2.05) is 0 Å². The zero-order valence-corrected chi connectivity index (χ0v) is 16.7. The first kappa shape index (κ1) is 21.2. The van der Waals surface area contributed by atoms with Gasteiger partial charge in [-0.3, -0.25) is 14.9 Å². The number of alkyl halides is 2. The number of amides is 2. The second kappa shape index (κ2) is 7.90. The summed E-state index contributed by atoms with van der Waals surface area (Å²) < 4.78 is 44.0. The van der Waals surface area contributed by atoms with Gasteiger partial charge in [-0.15, -0.1) is 0 Å². The van der Waals surface area contributed by atoms with Gasteiger partial charge in [-0.2, -0.15) is 0 Å². The van der Waals surface area contributed by atoms with Crippen molar-refractivity contribution < 1.29 is 27.5 Å². The van der Waals surface area contributed by atoms with E-state index < -0.39 is 35.4 Å². The molecule has 1 aromatic rings. The molecule has 4 aliphatic rings. The molecule has 1 heterocycles. The molecule has 3 aliphatic carbocycles. The minimum Gasteiger partial charge on any atom is -0.484 e. The minimum atomic E-state index is -2.46. The Morgan fingerprint density at radius 3 is 2.57 bits per heavy atom. The van der Waals surface area contributed by atoms with Crippen LogP contribution in [0.2, 0.25) is 5.02 Å². The highest BCUT2D eigenvalue weighted by Gasteiger charge is 2.72. The number of nitrogens with one attached hydrogen (secondary N) is 4. The van der Waals surface area contributed by atoms with Crippen molar-refractivity contribution in [1.82, 2.24) is 21.3 Å². The summed E-state index contributed by atoms with van der Waals surface area (Å²) in [5, 5.41) is 11.3. The van der Waals surface area contributed by atoms with Crippen LogP contribution in [-0.4, -0.2) is 55.7 Å². The van der Waals surface area contributed by atoms with Gasteiger partial charge in [-0.05, 0) is 31.4 Å². The van der Waals surface area contributed by atoms with Crippen LogP contribution in [0.3, 0.4) is 0 Å². The first-order chi connectivity index (χ1) is 14.2. The lowest BCUT2D eigenvalue weighted by molar-refractivity contribution is -0.184. The molecular weight excluding hydrogens is 425 g/mol. The fraction of sp³-hybridized carbons (Fsp3) is 0.579. The number of hydrogen-bond donors (Lipinski definition) is 4. The molecule has 1 aromatic carbocycles. The predicted molar refractivity (Wildman–Crippen MR) is 102 cm³/mol. The minimum absolute atomic E-state index is 0.0303. The molecular formula is C19H22ClF3N4O3. The first-order valence-electron chi connectivity index (χ1n) is 9.65. The summed E-state index contributed by atoms with van der Waals surface area (Å²) in [7, 11) is 0. The number of rotatable bonds is 7. The molecule has 0 aromatic heterocycles. The molecule has 1 aliphatic heterocycles. The number of carbonyl (C=O) groups excluding carboxylic acids is 2. The Morgan fingerprint density at radius 2 is 1.97 bits per heavy atom. The van der Waals surface area contributed by atoms with Crippen LogP contribution in [-0.2, 0) is 9.59 Å². The fourth-order valence-electron chi connectivity index (χ4n) is 4.48. The number of halogens is 4. The van der Waals surface area contributed by atoms with Crippen LogP contribution in [0.15, 0.2) is 18.2 Å². The van der Waals surface area contributed by atoms with E-state index in [2.05, 4.69) is 21.3 Å². The Morgan fingerprint density at radius 1 is 1.23 bits per heavy atom. The maximum atomic E-state index is 13.4. The van der Waals surface area contributed by atoms with Crippen molar-refractivity contribution in [2.24, 2.45) is 5.41 Å². The molecule has 164 valence electrons. The molecule has 4 N–H and O–H groups in total. The average molecular weight is 447 g/mol. The van der Waals surface area contributed by atoms with Crippen LogP contribution in [0.4, 0.5) is 13.2 Å². The van der Waals surface area contributed by atoms with E-state index in [0.29, 0.717) is 19.3 Å². The topological polar surface area (TPSA) is 91.5 Å². The third-order valence-corrected chi connectivity index (χ3v) is 6.26. The summed E-state index contributed by atoms with van der Waals surface area (Å²) in [4.78, 5) is 24.7. The standard InChI is InChI=1S/C19H22ClF3N4O3/c20-11-2-1-10(3-12(11)21)30-6-15(28)27-19-7-18(8-19,9-19)17(29)26-14-5-24-13(4-25-14)16(22)23/h1-3,13-14,16,24-25H,4-9H2,(H,26,29)(H,27,28). The summed E-state index contributed by atoms with van der Waals surface area (Å²) in [5.41, 5.74) is -0.934. The number of ether oxygens (including phenoxy) is 1. The third kappa shape index (κ3) is 4.08. The van der Waals surface area contributed by atoms with Crippen molar-refractivity contribution >= 4 is 23.4 Å². The summed E-state index contributed by atoms with van der Waals surface area (Å²) >= 11 is 5.60. The molecule has 2 bridgehead atoms. The number of piperazine rings is 1. The van der Waals surface area contributed by atoms with Crippen molar-refractivity contribution in [1.29, 1.82) is 0 Å². The van der Waals surface area contributed by atoms with E-state index in [0.717, 1.165) is 6.07 Å². The molecule has 30 heavy (non-hydrogen) atoms. The van der Waals surface area contributed by atoms with Gasteiger partial charge in [-0.1, -0.05) is 11.6 Å². The van der Waals surface area contributed by atoms with Gasteiger partial charge in [0, 0.05) is 24.7 Å². The van der Waals surface area contributed by atoms with Crippen LogP contribution >= 0.6 is 11.6 Å². The van der Waals surface area contributed by atoms with E-state index in [1.165, 1.54) is 12.1 Å². The number of benzene rings is 1. The largest absolute Gasteiger partial charge is 0.484 e. The van der Waals surface area contributed by atoms with E-state index in [-0.39, 0.29) is 42.3 Å². The summed E-state index contributed by atoms with van der Waals surface area (Å²) in [6, 6.07) is 3.00. The molecule has 2 atom stereocenters. The second-order valence-electron chi connectivity index (χ2n) is 8.29. The molecule has 5 rings (SSSR count). The molecule has 1 saturated heterocycles. The maximum Gasteiger partial charge on any atom is 0.258 e. The van der Waals surface area contributed by atoms with E-state index >= 15 is 0 Å². The van der Waals surface area contributed by atoms with Gasteiger partial charge in [0.05, 0.1) is 22.6 Å². The van der Waals surface area contributed by atoms with Crippen LogP contribution in [0.1, 0.15) is 19.3 Å². The summed E-state index contributed by atoms with van der Waals surface area (Å²) in [6.07, 6.45) is -1.30. The smallest absolute Gasteiger partial charge is 0.258 e. The predicted octanol–water partition coefficient (Wildman–Crippen LogP) is 1.17. The molecule has 0 spiro atoms. The maximum absolute atomic E-state index is 13.4. The van der Waals surface area contributed by atoms with Crippen molar-refractivity contribution in [2.75, 3.05) is 19.7 Å². The average Bonchev–Trinajstić information content (AvgIpc) is 2.64. The molecule has 2 unspecified atom stereocenters. The van der Waals surface area contributed by atoms with Crippen molar-refractivity contribution in [3.05, 3.63) is 29.0 Å². The lowest BCUT2D eigenvalue weighted by Crippen LogP contribution is -2.79. The highest BCUT2D eigenvalue weighted by atomic mass is 35.5. The highest BCUT2D eigenvalue weighted by molar-refractivity contribution is 6.30. The first-order valence-corrected chi connectivity index (χ1v) is 10.0. The van der Waals surface area contributed by atoms with Gasteiger partial charge in [0.25, 0.3) is 12.3 Å². The molecule has 0 radical (unpaired) electrons. The van der Waals surface area contributed by atoms with Gasteiger partial charge in [-0.25, -0.2) is 13.2 Å². The molecule has 4 fully saturated rings. The Balaban J connectivity index is 1.18. The monoisotopic (exact) mass is 446 g/mol. The Bertz CT molecular complexity index is 829. The summed E-state index contributed by atoms with van der Waals surface area (Å²) in [6.45, 7) is 0.0272. The zero-order chi connectivity index (χ0) is 21.5. The molecule has 7 nitrogen and oxygen atoms in total. The lowest BCUT2D eigenvalue weighted by Gasteiger charge is -2.69. The van der Waals surface area contributed by atoms with E-state index in [4.69, 9.17) is 16.3 Å². The Labute approximate surface area is 176 Å². The molecule has 3 saturated carbocycles. The van der Waals surface area contributed by atoms with Gasteiger partial charge in [0.2, 0.25) is 5.91 Å². The van der Waals surface area contributed by atoms with Crippen LogP contribution in [0, 0.1) is 11.2 Å². The zero-order valence-electron chi connectivity index (χ0n) is 15.9. The van der Waals surface area contributed by atoms with Crippen LogP contribution in [0.25, 0.3) is 0 Å². The van der Waals surface area contributed by atoms with Crippen molar-refractivity contribution in [3.63, 3.8) is 0 Å². The summed E-state index contributed by atoms with van der Waals surface area (Å²) in [5.74, 6) is -0.922.